The van der Waals surface area contributed by atoms with Gasteiger partial charge in [0.1, 0.15) is 5.75 Å². The number of methoxy groups -OCH3 is 1. The maximum absolute atomic E-state index is 11.9. The van der Waals surface area contributed by atoms with Gasteiger partial charge in [-0.25, -0.2) is 0 Å². The maximum atomic E-state index is 11.9. The zero-order valence-electron chi connectivity index (χ0n) is 14.0. The minimum Gasteiger partial charge on any atom is -0.497 e. The molecule has 1 aliphatic heterocycles. The second-order valence-electron chi connectivity index (χ2n) is 6.67. The summed E-state index contributed by atoms with van der Waals surface area (Å²) < 4.78 is 5.35. The Kier molecular flexibility index (Phi) is 4.02. The number of H-pyrrole nitrogens is 1. The molecule has 5 heteroatoms. The Morgan fingerprint density at radius 1 is 1.42 bits per heavy atom. The molecular weight excluding hydrogens is 302 g/mol. The quantitative estimate of drug-likeness (QED) is 0.888. The van der Waals surface area contributed by atoms with Gasteiger partial charge in [-0.05, 0) is 43.0 Å². The fraction of sp³-hybridized carbons (Fsp3) is 0.421. The van der Waals surface area contributed by atoms with Crippen LogP contribution in [-0.4, -0.2) is 48.6 Å². The fourth-order valence-electron chi connectivity index (χ4n) is 3.30. The molecule has 2 heterocycles. The van der Waals surface area contributed by atoms with E-state index < -0.39 is 0 Å². The van der Waals surface area contributed by atoms with Crippen molar-refractivity contribution in [3.05, 3.63) is 36.0 Å². The highest BCUT2D eigenvalue weighted by Gasteiger charge is 2.24. The Hall–Kier alpha value is -2.27. The number of hydrogen-bond donors (Lipinski definition) is 2. The molecule has 0 atom stereocenters. The summed E-state index contributed by atoms with van der Waals surface area (Å²) in [5, 5.41) is 4.25. The van der Waals surface area contributed by atoms with Crippen LogP contribution in [0.25, 0.3) is 16.5 Å². The number of rotatable bonds is 5. The maximum Gasteiger partial charge on any atom is 0.234 e. The van der Waals surface area contributed by atoms with Crippen LogP contribution in [0.2, 0.25) is 0 Å². The SMILES string of the molecule is COc1ccc2[nH]cc(C3=CCN(CC(=O)NC4CC4)CC3)c2c1. The molecule has 4 rings (SSSR count). The Balaban J connectivity index is 1.46. The van der Waals surface area contributed by atoms with Crippen molar-refractivity contribution in [2.75, 3.05) is 26.7 Å². The molecule has 1 saturated carbocycles. The molecule has 2 N–H and O–H groups in total. The van der Waals surface area contributed by atoms with E-state index in [0.717, 1.165) is 43.6 Å². The first-order chi connectivity index (χ1) is 11.7. The molecule has 1 aromatic carbocycles. The minimum absolute atomic E-state index is 0.159. The average Bonchev–Trinajstić information content (AvgIpc) is 3.31. The first kappa shape index (κ1) is 15.3. The Labute approximate surface area is 141 Å². The number of aromatic amines is 1. The van der Waals surface area contributed by atoms with Crippen LogP contribution in [0.15, 0.2) is 30.5 Å². The number of nitrogens with zero attached hydrogens (tertiary/aromatic N) is 1. The number of carbonyl (C=O) groups excluding carboxylic acids is 1. The molecule has 5 nitrogen and oxygen atoms in total. The van der Waals surface area contributed by atoms with Gasteiger partial charge in [-0.1, -0.05) is 6.08 Å². The molecule has 2 aromatic rings. The summed E-state index contributed by atoms with van der Waals surface area (Å²) in [6, 6.07) is 6.54. The molecule has 0 saturated heterocycles. The molecule has 1 aromatic heterocycles. The predicted molar refractivity (Wildman–Crippen MR) is 95.0 cm³/mol. The van der Waals surface area contributed by atoms with Crippen LogP contribution in [0.1, 0.15) is 24.8 Å². The number of benzene rings is 1. The predicted octanol–water partition coefficient (Wildman–Crippen LogP) is 2.54. The number of ether oxygens (including phenoxy) is 1. The van der Waals surface area contributed by atoms with Crippen LogP contribution in [0.4, 0.5) is 0 Å². The standard InChI is InChI=1S/C19H23N3O2/c1-24-15-4-5-18-16(10-15)17(11-20-18)13-6-8-22(9-7-13)12-19(23)21-14-2-3-14/h4-6,10-11,14,20H,2-3,7-9,12H2,1H3,(H,21,23). The van der Waals surface area contributed by atoms with E-state index in [9.17, 15) is 4.79 Å². The average molecular weight is 325 g/mol. The summed E-state index contributed by atoms with van der Waals surface area (Å²) in [6.45, 7) is 2.24. The van der Waals surface area contributed by atoms with E-state index in [0.29, 0.717) is 12.6 Å². The third-order valence-electron chi connectivity index (χ3n) is 4.84. The van der Waals surface area contributed by atoms with Crippen molar-refractivity contribution in [2.24, 2.45) is 0 Å². The van der Waals surface area contributed by atoms with Crippen molar-refractivity contribution >= 4 is 22.4 Å². The van der Waals surface area contributed by atoms with Gasteiger partial charge in [0, 0.05) is 41.8 Å². The van der Waals surface area contributed by atoms with E-state index in [1.165, 1.54) is 16.5 Å². The summed E-state index contributed by atoms with van der Waals surface area (Å²) >= 11 is 0. The third-order valence-corrected chi connectivity index (χ3v) is 4.84. The number of aromatic nitrogens is 1. The van der Waals surface area contributed by atoms with Crippen molar-refractivity contribution in [1.29, 1.82) is 0 Å². The molecular formula is C19H23N3O2. The number of carbonyl (C=O) groups is 1. The van der Waals surface area contributed by atoms with Crippen LogP contribution in [0.5, 0.6) is 5.75 Å². The summed E-state index contributed by atoms with van der Waals surface area (Å²) in [5.41, 5.74) is 3.71. The van der Waals surface area contributed by atoms with Crippen LogP contribution in [-0.2, 0) is 4.79 Å². The smallest absolute Gasteiger partial charge is 0.234 e. The Morgan fingerprint density at radius 3 is 3.00 bits per heavy atom. The van der Waals surface area contributed by atoms with Crippen LogP contribution >= 0.6 is 0 Å². The molecule has 0 unspecified atom stereocenters. The lowest BCUT2D eigenvalue weighted by molar-refractivity contribution is -0.122. The summed E-state index contributed by atoms with van der Waals surface area (Å²) in [7, 11) is 1.69. The van der Waals surface area contributed by atoms with Crippen molar-refractivity contribution in [3.63, 3.8) is 0 Å². The van der Waals surface area contributed by atoms with Crippen molar-refractivity contribution < 1.29 is 9.53 Å². The van der Waals surface area contributed by atoms with E-state index in [1.54, 1.807) is 7.11 Å². The highest BCUT2D eigenvalue weighted by molar-refractivity contribution is 5.93. The largest absolute Gasteiger partial charge is 0.497 e. The molecule has 0 spiro atoms. The van der Waals surface area contributed by atoms with E-state index in [2.05, 4.69) is 39.6 Å². The van der Waals surface area contributed by atoms with E-state index in [-0.39, 0.29) is 5.91 Å². The van der Waals surface area contributed by atoms with Crippen molar-refractivity contribution in [3.8, 4) is 5.75 Å². The molecule has 24 heavy (non-hydrogen) atoms. The second-order valence-corrected chi connectivity index (χ2v) is 6.67. The van der Waals surface area contributed by atoms with Gasteiger partial charge in [0.05, 0.1) is 13.7 Å². The van der Waals surface area contributed by atoms with Crippen LogP contribution in [0, 0.1) is 0 Å². The molecule has 1 fully saturated rings. The fourth-order valence-corrected chi connectivity index (χ4v) is 3.30. The van der Waals surface area contributed by atoms with Gasteiger partial charge in [-0.2, -0.15) is 0 Å². The lowest BCUT2D eigenvalue weighted by atomic mass is 9.99. The van der Waals surface area contributed by atoms with Crippen molar-refractivity contribution in [2.45, 2.75) is 25.3 Å². The monoisotopic (exact) mass is 325 g/mol. The lowest BCUT2D eigenvalue weighted by Gasteiger charge is -2.25. The number of hydrogen-bond acceptors (Lipinski definition) is 3. The first-order valence-corrected chi connectivity index (χ1v) is 8.59. The lowest BCUT2D eigenvalue weighted by Crippen LogP contribution is -2.39. The van der Waals surface area contributed by atoms with Gasteiger partial charge in [-0.15, -0.1) is 0 Å². The molecule has 2 aliphatic rings. The normalized spacial score (nSPS) is 18.5. The van der Waals surface area contributed by atoms with Crippen LogP contribution in [0.3, 0.4) is 0 Å². The van der Waals surface area contributed by atoms with Gasteiger partial charge in [0.25, 0.3) is 0 Å². The van der Waals surface area contributed by atoms with Crippen LogP contribution < -0.4 is 10.1 Å². The van der Waals surface area contributed by atoms with Crippen molar-refractivity contribution in [1.82, 2.24) is 15.2 Å². The highest BCUT2D eigenvalue weighted by atomic mass is 16.5. The van der Waals surface area contributed by atoms with Gasteiger partial charge in [-0.3, -0.25) is 9.69 Å². The summed E-state index contributed by atoms with van der Waals surface area (Å²) in [6.07, 6.45) is 7.56. The second kappa shape index (κ2) is 6.32. The van der Waals surface area contributed by atoms with E-state index in [1.807, 2.05) is 6.07 Å². The van der Waals surface area contributed by atoms with E-state index in [4.69, 9.17) is 4.74 Å². The van der Waals surface area contributed by atoms with Gasteiger partial charge in [0.2, 0.25) is 5.91 Å². The molecule has 126 valence electrons. The van der Waals surface area contributed by atoms with Gasteiger partial charge >= 0.3 is 0 Å². The first-order valence-electron chi connectivity index (χ1n) is 8.59. The number of nitrogens with one attached hydrogen (secondary N) is 2. The topological polar surface area (TPSA) is 57.4 Å². The number of amides is 1. The molecule has 0 radical (unpaired) electrons. The van der Waals surface area contributed by atoms with E-state index >= 15 is 0 Å². The zero-order chi connectivity index (χ0) is 16.5. The molecule has 1 amide bonds. The number of fused-ring (bicyclic) bond motifs is 1. The van der Waals surface area contributed by atoms with Gasteiger partial charge in [0.15, 0.2) is 0 Å². The molecule has 1 aliphatic carbocycles. The zero-order valence-corrected chi connectivity index (χ0v) is 14.0. The highest BCUT2D eigenvalue weighted by Crippen LogP contribution is 2.31. The third kappa shape index (κ3) is 3.17. The minimum atomic E-state index is 0.159. The van der Waals surface area contributed by atoms with Gasteiger partial charge < -0.3 is 15.0 Å². The Bertz CT molecular complexity index is 789. The summed E-state index contributed by atoms with van der Waals surface area (Å²) in [5.74, 6) is 1.03. The molecule has 0 bridgehead atoms. The Morgan fingerprint density at radius 2 is 2.29 bits per heavy atom. The summed E-state index contributed by atoms with van der Waals surface area (Å²) in [4.78, 5) is 17.5.